The summed E-state index contributed by atoms with van der Waals surface area (Å²) in [5, 5.41) is 5.40. The van der Waals surface area contributed by atoms with Crippen molar-refractivity contribution < 1.29 is 9.59 Å². The third-order valence-corrected chi connectivity index (χ3v) is 3.34. The highest BCUT2D eigenvalue weighted by Crippen LogP contribution is 2.34. The molecule has 0 aromatic carbocycles. The van der Waals surface area contributed by atoms with Gasteiger partial charge in [0, 0.05) is 6.04 Å². The van der Waals surface area contributed by atoms with Crippen LogP contribution in [0.25, 0.3) is 0 Å². The Morgan fingerprint density at radius 3 is 2.28 bits per heavy atom. The van der Waals surface area contributed by atoms with Gasteiger partial charge >= 0.3 is 0 Å². The number of hydrogen-bond donors (Lipinski definition) is 3. The first-order chi connectivity index (χ1) is 7.93. The van der Waals surface area contributed by atoms with Crippen molar-refractivity contribution in [2.45, 2.75) is 45.6 Å². The van der Waals surface area contributed by atoms with Crippen LogP contribution in [0.3, 0.4) is 0 Å². The van der Waals surface area contributed by atoms with E-state index in [4.69, 9.17) is 5.73 Å². The van der Waals surface area contributed by atoms with Gasteiger partial charge in [-0.05, 0) is 31.1 Å². The number of halogens is 1. The summed E-state index contributed by atoms with van der Waals surface area (Å²) in [6.07, 6.45) is 4.30. The van der Waals surface area contributed by atoms with Gasteiger partial charge in [0.2, 0.25) is 11.8 Å². The van der Waals surface area contributed by atoms with Crippen LogP contribution in [0.1, 0.15) is 39.5 Å². The highest BCUT2D eigenvalue weighted by molar-refractivity contribution is 5.85. The molecule has 1 rings (SSSR count). The van der Waals surface area contributed by atoms with Crippen LogP contribution in [-0.4, -0.2) is 30.9 Å². The lowest BCUT2D eigenvalue weighted by Crippen LogP contribution is -2.45. The topological polar surface area (TPSA) is 84.2 Å². The van der Waals surface area contributed by atoms with Gasteiger partial charge in [-0.15, -0.1) is 12.4 Å². The monoisotopic (exact) mass is 277 g/mol. The van der Waals surface area contributed by atoms with E-state index in [2.05, 4.69) is 24.5 Å². The van der Waals surface area contributed by atoms with Gasteiger partial charge in [0.05, 0.1) is 13.1 Å². The van der Waals surface area contributed by atoms with Crippen molar-refractivity contribution in [1.82, 2.24) is 10.6 Å². The van der Waals surface area contributed by atoms with Crippen LogP contribution in [0.4, 0.5) is 0 Å². The highest BCUT2D eigenvalue weighted by Gasteiger charge is 2.27. The molecule has 1 aliphatic carbocycles. The number of amides is 2. The van der Waals surface area contributed by atoms with Crippen LogP contribution in [-0.2, 0) is 9.59 Å². The molecule has 4 N–H and O–H groups in total. The standard InChI is InChI=1S/C12H23N3O2.ClH/c1-12(2)5-3-9(4-6-12)15-11(17)8-14-10(16)7-13;/h9H,3-8,13H2,1-2H3,(H,14,16)(H,15,17);1H. The molecule has 106 valence electrons. The first-order valence-corrected chi connectivity index (χ1v) is 6.19. The SMILES string of the molecule is CC1(C)CCC(NC(=O)CNC(=O)CN)CC1.Cl. The molecule has 0 saturated heterocycles. The molecule has 1 saturated carbocycles. The van der Waals surface area contributed by atoms with Gasteiger partial charge in [0.25, 0.3) is 0 Å². The van der Waals surface area contributed by atoms with E-state index in [1.165, 1.54) is 0 Å². The second-order valence-electron chi connectivity index (χ2n) is 5.49. The van der Waals surface area contributed by atoms with Gasteiger partial charge in [-0.25, -0.2) is 0 Å². The predicted octanol–water partition coefficient (Wildman–Crippen LogP) is 0.568. The van der Waals surface area contributed by atoms with Crippen LogP contribution >= 0.6 is 12.4 Å². The fourth-order valence-electron chi connectivity index (χ4n) is 2.07. The van der Waals surface area contributed by atoms with E-state index in [0.29, 0.717) is 5.41 Å². The van der Waals surface area contributed by atoms with E-state index in [1.54, 1.807) is 0 Å². The van der Waals surface area contributed by atoms with Crippen molar-refractivity contribution in [1.29, 1.82) is 0 Å². The van der Waals surface area contributed by atoms with Crippen molar-refractivity contribution in [2.75, 3.05) is 13.1 Å². The van der Waals surface area contributed by atoms with Gasteiger partial charge in [0.1, 0.15) is 0 Å². The minimum absolute atomic E-state index is 0. The van der Waals surface area contributed by atoms with Gasteiger partial charge in [-0.1, -0.05) is 13.8 Å². The van der Waals surface area contributed by atoms with Crippen molar-refractivity contribution >= 4 is 24.2 Å². The molecule has 1 fully saturated rings. The maximum atomic E-state index is 11.5. The van der Waals surface area contributed by atoms with E-state index in [-0.39, 0.29) is 43.4 Å². The van der Waals surface area contributed by atoms with Crippen LogP contribution in [0.15, 0.2) is 0 Å². The third kappa shape index (κ3) is 6.21. The number of rotatable bonds is 4. The Hall–Kier alpha value is -0.810. The van der Waals surface area contributed by atoms with E-state index in [0.717, 1.165) is 25.7 Å². The summed E-state index contributed by atoms with van der Waals surface area (Å²) in [5.41, 5.74) is 5.53. The molecular weight excluding hydrogens is 254 g/mol. The lowest BCUT2D eigenvalue weighted by molar-refractivity contribution is -0.126. The Balaban J connectivity index is 0.00000289. The Morgan fingerprint density at radius 2 is 1.78 bits per heavy atom. The second kappa shape index (κ2) is 7.59. The molecule has 0 atom stereocenters. The van der Waals surface area contributed by atoms with Crippen molar-refractivity contribution in [2.24, 2.45) is 11.1 Å². The summed E-state index contributed by atoms with van der Waals surface area (Å²) in [6.45, 7) is 4.46. The van der Waals surface area contributed by atoms with E-state index in [1.807, 2.05) is 0 Å². The average molecular weight is 278 g/mol. The van der Waals surface area contributed by atoms with Crippen LogP contribution < -0.4 is 16.4 Å². The molecule has 0 spiro atoms. The molecule has 0 aliphatic heterocycles. The van der Waals surface area contributed by atoms with Crippen molar-refractivity contribution in [3.63, 3.8) is 0 Å². The summed E-state index contributed by atoms with van der Waals surface area (Å²) in [6, 6.07) is 0.255. The van der Waals surface area contributed by atoms with Crippen LogP contribution in [0, 0.1) is 5.41 Å². The summed E-state index contributed by atoms with van der Waals surface area (Å²) >= 11 is 0. The molecule has 1 aliphatic rings. The van der Waals surface area contributed by atoms with Gasteiger partial charge in [-0.3, -0.25) is 9.59 Å². The van der Waals surface area contributed by atoms with Gasteiger partial charge in [-0.2, -0.15) is 0 Å². The molecule has 0 radical (unpaired) electrons. The molecule has 0 aromatic rings. The zero-order valence-corrected chi connectivity index (χ0v) is 11.9. The minimum Gasteiger partial charge on any atom is -0.352 e. The molecule has 0 unspecified atom stereocenters. The van der Waals surface area contributed by atoms with Gasteiger partial charge in [0.15, 0.2) is 0 Å². The number of hydrogen-bond acceptors (Lipinski definition) is 3. The first-order valence-electron chi connectivity index (χ1n) is 6.19. The quantitative estimate of drug-likeness (QED) is 0.702. The van der Waals surface area contributed by atoms with Crippen LogP contribution in [0.2, 0.25) is 0 Å². The third-order valence-electron chi connectivity index (χ3n) is 3.34. The van der Waals surface area contributed by atoms with E-state index < -0.39 is 0 Å². The highest BCUT2D eigenvalue weighted by atomic mass is 35.5. The summed E-state index contributed by atoms with van der Waals surface area (Å²) in [7, 11) is 0. The number of carbonyl (C=O) groups excluding carboxylic acids is 2. The summed E-state index contributed by atoms with van der Waals surface area (Å²) < 4.78 is 0. The Morgan fingerprint density at radius 1 is 1.22 bits per heavy atom. The molecule has 18 heavy (non-hydrogen) atoms. The smallest absolute Gasteiger partial charge is 0.239 e. The normalized spacial score (nSPS) is 18.6. The van der Waals surface area contributed by atoms with Crippen molar-refractivity contribution in [3.8, 4) is 0 Å². The predicted molar refractivity (Wildman–Crippen MR) is 73.5 cm³/mol. The molecular formula is C12H24ClN3O2. The summed E-state index contributed by atoms with van der Waals surface area (Å²) in [4.78, 5) is 22.4. The van der Waals surface area contributed by atoms with E-state index in [9.17, 15) is 9.59 Å². The van der Waals surface area contributed by atoms with Crippen molar-refractivity contribution in [3.05, 3.63) is 0 Å². The number of carbonyl (C=O) groups is 2. The molecule has 2 amide bonds. The molecule has 0 bridgehead atoms. The molecule has 5 nitrogen and oxygen atoms in total. The zero-order chi connectivity index (χ0) is 12.9. The minimum atomic E-state index is -0.301. The Kier molecular flexibility index (Phi) is 7.25. The first kappa shape index (κ1) is 17.2. The number of nitrogens with two attached hydrogens (primary N) is 1. The second-order valence-corrected chi connectivity index (χ2v) is 5.49. The molecule has 0 aromatic heterocycles. The largest absolute Gasteiger partial charge is 0.352 e. The molecule has 0 heterocycles. The summed E-state index contributed by atoms with van der Waals surface area (Å²) in [5.74, 6) is -0.429. The fourth-order valence-corrected chi connectivity index (χ4v) is 2.07. The molecule has 6 heteroatoms. The van der Waals surface area contributed by atoms with Crippen LogP contribution in [0.5, 0.6) is 0 Å². The average Bonchev–Trinajstić information content (AvgIpc) is 2.29. The van der Waals surface area contributed by atoms with E-state index >= 15 is 0 Å². The Labute approximate surface area is 115 Å². The lowest BCUT2D eigenvalue weighted by atomic mass is 9.75. The maximum Gasteiger partial charge on any atom is 0.239 e. The fraction of sp³-hybridized carbons (Fsp3) is 0.833. The maximum absolute atomic E-state index is 11.5. The zero-order valence-electron chi connectivity index (χ0n) is 11.1. The lowest BCUT2D eigenvalue weighted by Gasteiger charge is -2.34. The number of nitrogens with one attached hydrogen (secondary N) is 2. The van der Waals surface area contributed by atoms with Gasteiger partial charge < -0.3 is 16.4 Å². The Bertz CT molecular complexity index is 285.